The number of anilines is 1. The lowest BCUT2D eigenvalue weighted by Gasteiger charge is -2.10. The topological polar surface area (TPSA) is 76.0 Å². The lowest BCUT2D eigenvalue weighted by Crippen LogP contribution is -2.29. The molecule has 0 aliphatic heterocycles. The smallest absolute Gasteiger partial charge is 0.227 e. The molecule has 6 nitrogen and oxygen atoms in total. The maximum atomic E-state index is 12.1. The van der Waals surface area contributed by atoms with E-state index in [4.69, 9.17) is 0 Å². The number of amides is 2. The van der Waals surface area contributed by atoms with Crippen LogP contribution in [0.15, 0.2) is 41.0 Å². The zero-order valence-corrected chi connectivity index (χ0v) is 15.6. The molecule has 1 aromatic heterocycles. The van der Waals surface area contributed by atoms with E-state index < -0.39 is 0 Å². The van der Waals surface area contributed by atoms with Gasteiger partial charge in [-0.3, -0.25) is 9.59 Å². The number of nitrogens with zero attached hydrogens (tertiary/aromatic N) is 2. The molecule has 1 heterocycles. The molecule has 0 spiro atoms. The van der Waals surface area contributed by atoms with E-state index in [9.17, 15) is 9.59 Å². The predicted molar refractivity (Wildman–Crippen MR) is 99.0 cm³/mol. The molecular formula is C18H21BrN4O2. The SMILES string of the molecule is CC1CC1C(=O)NCCC(=O)Nc1ccnn1Cc1cccc(Br)c1. The van der Waals surface area contributed by atoms with E-state index >= 15 is 0 Å². The summed E-state index contributed by atoms with van der Waals surface area (Å²) in [5.41, 5.74) is 1.08. The van der Waals surface area contributed by atoms with Gasteiger partial charge in [-0.25, -0.2) is 4.68 Å². The fourth-order valence-corrected chi connectivity index (χ4v) is 3.14. The first-order valence-electron chi connectivity index (χ1n) is 8.37. The number of halogens is 1. The highest BCUT2D eigenvalue weighted by Gasteiger charge is 2.38. The molecule has 2 N–H and O–H groups in total. The van der Waals surface area contributed by atoms with Crippen molar-refractivity contribution >= 4 is 33.6 Å². The second-order valence-electron chi connectivity index (χ2n) is 6.41. The van der Waals surface area contributed by atoms with Gasteiger partial charge in [-0.1, -0.05) is 35.0 Å². The van der Waals surface area contributed by atoms with Crippen molar-refractivity contribution in [2.24, 2.45) is 11.8 Å². The Morgan fingerprint density at radius 1 is 1.36 bits per heavy atom. The van der Waals surface area contributed by atoms with E-state index in [-0.39, 0.29) is 24.2 Å². The molecule has 1 aromatic carbocycles. The fourth-order valence-electron chi connectivity index (χ4n) is 2.70. The minimum absolute atomic E-state index is 0.0556. The number of hydrogen-bond acceptors (Lipinski definition) is 3. The summed E-state index contributed by atoms with van der Waals surface area (Å²) in [6.07, 6.45) is 2.85. The van der Waals surface area contributed by atoms with Crippen LogP contribution in [0.1, 0.15) is 25.3 Å². The van der Waals surface area contributed by atoms with Crippen molar-refractivity contribution in [3.8, 4) is 0 Å². The number of aromatic nitrogens is 2. The first-order chi connectivity index (χ1) is 12.0. The van der Waals surface area contributed by atoms with Gasteiger partial charge in [-0.05, 0) is 30.0 Å². The third kappa shape index (κ3) is 4.92. The Labute approximate surface area is 155 Å². The summed E-state index contributed by atoms with van der Waals surface area (Å²) >= 11 is 3.45. The standard InChI is InChI=1S/C18H21BrN4O2/c1-12-9-15(12)18(25)20-7-6-17(24)22-16-5-8-21-23(16)11-13-3-2-4-14(19)10-13/h2-5,8,10,12,15H,6-7,9,11H2,1H3,(H,20,25)(H,22,24). The van der Waals surface area contributed by atoms with Crippen LogP contribution in [0.3, 0.4) is 0 Å². The van der Waals surface area contributed by atoms with Crippen LogP contribution in [0.2, 0.25) is 0 Å². The van der Waals surface area contributed by atoms with E-state index in [0.29, 0.717) is 24.8 Å². The van der Waals surface area contributed by atoms with E-state index in [2.05, 4.69) is 38.6 Å². The van der Waals surface area contributed by atoms with Crippen molar-refractivity contribution in [2.45, 2.75) is 26.3 Å². The van der Waals surface area contributed by atoms with Gasteiger partial charge in [0.05, 0.1) is 12.7 Å². The number of hydrogen-bond donors (Lipinski definition) is 2. The Morgan fingerprint density at radius 3 is 2.88 bits per heavy atom. The molecule has 25 heavy (non-hydrogen) atoms. The van der Waals surface area contributed by atoms with Gasteiger partial charge in [0.25, 0.3) is 0 Å². The maximum Gasteiger partial charge on any atom is 0.227 e. The quantitative estimate of drug-likeness (QED) is 0.744. The molecule has 2 atom stereocenters. The lowest BCUT2D eigenvalue weighted by atomic mass is 10.2. The Morgan fingerprint density at radius 2 is 2.16 bits per heavy atom. The number of carbonyl (C=O) groups excluding carboxylic acids is 2. The summed E-state index contributed by atoms with van der Waals surface area (Å²) in [5.74, 6) is 1.17. The van der Waals surface area contributed by atoms with Gasteiger partial charge in [0, 0.05) is 29.4 Å². The molecule has 2 amide bonds. The third-order valence-electron chi connectivity index (χ3n) is 4.30. The van der Waals surface area contributed by atoms with E-state index in [1.807, 2.05) is 24.3 Å². The van der Waals surface area contributed by atoms with Crippen LogP contribution in [0.5, 0.6) is 0 Å². The largest absolute Gasteiger partial charge is 0.355 e. The van der Waals surface area contributed by atoms with Gasteiger partial charge in [0.15, 0.2) is 0 Å². The zero-order valence-electron chi connectivity index (χ0n) is 14.0. The molecule has 2 unspecified atom stereocenters. The van der Waals surface area contributed by atoms with Crippen LogP contribution < -0.4 is 10.6 Å². The average Bonchev–Trinajstić information content (AvgIpc) is 3.15. The minimum Gasteiger partial charge on any atom is -0.355 e. The second kappa shape index (κ2) is 7.82. The first kappa shape index (κ1) is 17.7. The monoisotopic (exact) mass is 404 g/mol. The first-order valence-corrected chi connectivity index (χ1v) is 9.16. The van der Waals surface area contributed by atoms with Gasteiger partial charge < -0.3 is 10.6 Å². The molecule has 0 saturated heterocycles. The third-order valence-corrected chi connectivity index (χ3v) is 4.80. The summed E-state index contributed by atoms with van der Waals surface area (Å²) in [6, 6.07) is 9.71. The summed E-state index contributed by atoms with van der Waals surface area (Å²) in [4.78, 5) is 23.8. The van der Waals surface area contributed by atoms with Crippen LogP contribution in [0.25, 0.3) is 0 Å². The highest BCUT2D eigenvalue weighted by Crippen LogP contribution is 2.37. The Bertz CT molecular complexity index is 774. The maximum absolute atomic E-state index is 12.1. The van der Waals surface area contributed by atoms with Crippen LogP contribution in [0.4, 0.5) is 5.82 Å². The second-order valence-corrected chi connectivity index (χ2v) is 7.33. The number of rotatable bonds is 7. The summed E-state index contributed by atoms with van der Waals surface area (Å²) in [7, 11) is 0. The van der Waals surface area contributed by atoms with Crippen molar-refractivity contribution in [2.75, 3.05) is 11.9 Å². The summed E-state index contributed by atoms with van der Waals surface area (Å²) in [5, 5.41) is 9.93. The van der Waals surface area contributed by atoms with Crippen LogP contribution in [-0.2, 0) is 16.1 Å². The molecule has 3 rings (SSSR count). The molecule has 2 aromatic rings. The molecule has 1 aliphatic carbocycles. The number of carbonyl (C=O) groups is 2. The Balaban J connectivity index is 1.48. The molecule has 0 radical (unpaired) electrons. The summed E-state index contributed by atoms with van der Waals surface area (Å²) in [6.45, 7) is 2.98. The summed E-state index contributed by atoms with van der Waals surface area (Å²) < 4.78 is 2.74. The van der Waals surface area contributed by atoms with Gasteiger partial charge in [-0.15, -0.1) is 0 Å². The molecule has 1 fully saturated rings. The van der Waals surface area contributed by atoms with Gasteiger partial charge in [0.1, 0.15) is 5.82 Å². The van der Waals surface area contributed by atoms with Crippen molar-refractivity contribution < 1.29 is 9.59 Å². The highest BCUT2D eigenvalue weighted by atomic mass is 79.9. The fraction of sp³-hybridized carbons (Fsp3) is 0.389. The number of benzene rings is 1. The van der Waals surface area contributed by atoms with Gasteiger partial charge in [-0.2, -0.15) is 5.10 Å². The molecule has 0 bridgehead atoms. The zero-order chi connectivity index (χ0) is 17.8. The van der Waals surface area contributed by atoms with Crippen molar-refractivity contribution in [1.29, 1.82) is 0 Å². The van der Waals surface area contributed by atoms with Gasteiger partial charge in [0.2, 0.25) is 11.8 Å². The molecule has 1 saturated carbocycles. The molecule has 132 valence electrons. The van der Waals surface area contributed by atoms with Crippen molar-refractivity contribution in [3.63, 3.8) is 0 Å². The molecule has 7 heteroatoms. The molecule has 1 aliphatic rings. The molecular weight excluding hydrogens is 384 g/mol. The minimum atomic E-state index is -0.139. The Kier molecular flexibility index (Phi) is 5.53. The predicted octanol–water partition coefficient (Wildman–Crippen LogP) is 2.79. The van der Waals surface area contributed by atoms with Crippen molar-refractivity contribution in [3.05, 3.63) is 46.6 Å². The van der Waals surface area contributed by atoms with Crippen LogP contribution in [-0.4, -0.2) is 28.1 Å². The lowest BCUT2D eigenvalue weighted by molar-refractivity contribution is -0.122. The van der Waals surface area contributed by atoms with E-state index in [1.54, 1.807) is 16.9 Å². The van der Waals surface area contributed by atoms with E-state index in [1.165, 1.54) is 0 Å². The van der Waals surface area contributed by atoms with Crippen molar-refractivity contribution in [1.82, 2.24) is 15.1 Å². The van der Waals surface area contributed by atoms with Gasteiger partial charge >= 0.3 is 0 Å². The number of nitrogens with one attached hydrogen (secondary N) is 2. The Hall–Kier alpha value is -2.15. The van der Waals surface area contributed by atoms with E-state index in [0.717, 1.165) is 16.5 Å². The highest BCUT2D eigenvalue weighted by molar-refractivity contribution is 9.10. The van der Waals surface area contributed by atoms with Crippen LogP contribution in [0, 0.1) is 11.8 Å². The normalized spacial score (nSPS) is 18.6. The van der Waals surface area contributed by atoms with Crippen LogP contribution >= 0.6 is 15.9 Å². The average molecular weight is 405 g/mol.